The van der Waals surface area contributed by atoms with Gasteiger partial charge in [0, 0.05) is 17.8 Å². The molecular weight excluding hydrogens is 168 g/mol. The Kier molecular flexibility index (Phi) is 1.43. The predicted octanol–water partition coefficient (Wildman–Crippen LogP) is 0.483. The van der Waals surface area contributed by atoms with Gasteiger partial charge in [-0.15, -0.1) is 0 Å². The van der Waals surface area contributed by atoms with Crippen LogP contribution in [-0.4, -0.2) is 31.7 Å². The van der Waals surface area contributed by atoms with Gasteiger partial charge in [0.1, 0.15) is 6.29 Å². The van der Waals surface area contributed by atoms with Crippen molar-refractivity contribution in [1.29, 1.82) is 0 Å². The Hall–Kier alpha value is -0.410. The minimum absolute atomic E-state index is 0.0489. The molecule has 0 aromatic heterocycles. The fourth-order valence-corrected chi connectivity index (χ4v) is 3.35. The lowest BCUT2D eigenvalue weighted by Gasteiger charge is -2.46. The molecule has 2 saturated heterocycles. The third-order valence-electron chi connectivity index (χ3n) is 4.29. The highest BCUT2D eigenvalue weighted by Gasteiger charge is 2.65. The van der Waals surface area contributed by atoms with Crippen LogP contribution in [0.15, 0.2) is 0 Å². The topological polar surface area (TPSA) is 35.5 Å². The van der Waals surface area contributed by atoms with Gasteiger partial charge in [-0.3, -0.25) is 0 Å². The van der Waals surface area contributed by atoms with Gasteiger partial charge in [0.2, 0.25) is 0 Å². The van der Waals surface area contributed by atoms with E-state index < -0.39 is 0 Å². The van der Waals surface area contributed by atoms with Crippen LogP contribution in [0.3, 0.4) is 0 Å². The van der Waals surface area contributed by atoms with E-state index in [1.807, 2.05) is 0 Å². The van der Waals surface area contributed by atoms with Gasteiger partial charge in [-0.25, -0.2) is 0 Å². The van der Waals surface area contributed by atoms with Crippen LogP contribution in [0.1, 0.15) is 6.92 Å². The normalized spacial score (nSPS) is 58.2. The molecule has 3 nitrogen and oxygen atoms in total. The van der Waals surface area contributed by atoms with Crippen LogP contribution in [-0.2, 0) is 14.3 Å². The Balaban J connectivity index is 1.97. The molecule has 0 aromatic carbocycles. The Morgan fingerprint density at radius 2 is 2.15 bits per heavy atom. The van der Waals surface area contributed by atoms with Gasteiger partial charge in [-0.2, -0.15) is 0 Å². The van der Waals surface area contributed by atoms with Crippen LogP contribution >= 0.6 is 0 Å². The van der Waals surface area contributed by atoms with E-state index in [0.717, 1.165) is 26.1 Å². The monoisotopic (exact) mass is 182 g/mol. The molecule has 3 heteroatoms. The van der Waals surface area contributed by atoms with Gasteiger partial charge in [0.15, 0.2) is 0 Å². The molecule has 2 aliphatic heterocycles. The van der Waals surface area contributed by atoms with Crippen molar-refractivity contribution >= 4 is 6.29 Å². The standard InChI is InChI=1S/C10H14O3/c1-10-8-4-12-3-7(8)6(2-11)9(10)5-13-10/h2,6-9H,3-5H2,1H3/t6?,7-,8-,9-,10+/m1/s1. The Labute approximate surface area is 77.4 Å². The molecule has 0 spiro atoms. The molecule has 0 bridgehead atoms. The second-order valence-corrected chi connectivity index (χ2v) is 4.62. The molecule has 0 N–H and O–H groups in total. The fourth-order valence-electron chi connectivity index (χ4n) is 3.35. The van der Waals surface area contributed by atoms with Crippen molar-refractivity contribution in [2.45, 2.75) is 12.5 Å². The van der Waals surface area contributed by atoms with E-state index >= 15 is 0 Å². The molecule has 1 unspecified atom stereocenters. The molecular formula is C10H14O3. The maximum absolute atomic E-state index is 11.0. The first-order chi connectivity index (χ1) is 6.27. The summed E-state index contributed by atoms with van der Waals surface area (Å²) in [6.45, 7) is 4.44. The second-order valence-electron chi connectivity index (χ2n) is 4.62. The second kappa shape index (κ2) is 2.34. The molecule has 0 aromatic rings. The first-order valence-corrected chi connectivity index (χ1v) is 4.94. The molecule has 1 aliphatic carbocycles. The lowest BCUT2D eigenvalue weighted by Crippen LogP contribution is -2.53. The number of fused-ring (bicyclic) bond motifs is 3. The van der Waals surface area contributed by atoms with E-state index in [2.05, 4.69) is 6.92 Å². The van der Waals surface area contributed by atoms with Crippen molar-refractivity contribution in [1.82, 2.24) is 0 Å². The summed E-state index contributed by atoms with van der Waals surface area (Å²) in [5.74, 6) is 1.53. The first kappa shape index (κ1) is 7.94. The van der Waals surface area contributed by atoms with Crippen molar-refractivity contribution in [2.75, 3.05) is 19.8 Å². The zero-order valence-electron chi connectivity index (χ0n) is 7.73. The van der Waals surface area contributed by atoms with Crippen molar-refractivity contribution < 1.29 is 14.3 Å². The maximum Gasteiger partial charge on any atom is 0.123 e. The highest BCUT2D eigenvalue weighted by Crippen LogP contribution is 2.57. The molecule has 72 valence electrons. The zero-order valence-corrected chi connectivity index (χ0v) is 7.73. The number of rotatable bonds is 1. The largest absolute Gasteiger partial charge is 0.381 e. The molecule has 2 heterocycles. The average molecular weight is 182 g/mol. The average Bonchev–Trinajstić information content (AvgIpc) is 2.63. The lowest BCUT2D eigenvalue weighted by molar-refractivity contribution is -0.207. The van der Waals surface area contributed by atoms with Crippen LogP contribution < -0.4 is 0 Å². The van der Waals surface area contributed by atoms with E-state index in [9.17, 15) is 4.79 Å². The summed E-state index contributed by atoms with van der Waals surface area (Å²) in [5.41, 5.74) is -0.0489. The van der Waals surface area contributed by atoms with Gasteiger partial charge in [-0.05, 0) is 12.8 Å². The summed E-state index contributed by atoms with van der Waals surface area (Å²) in [6, 6.07) is 0. The van der Waals surface area contributed by atoms with Crippen molar-refractivity contribution in [3.63, 3.8) is 0 Å². The van der Waals surface area contributed by atoms with E-state index in [1.165, 1.54) is 0 Å². The van der Waals surface area contributed by atoms with Gasteiger partial charge in [-0.1, -0.05) is 0 Å². The number of hydrogen-bond donors (Lipinski definition) is 0. The third kappa shape index (κ3) is 0.754. The van der Waals surface area contributed by atoms with Gasteiger partial charge >= 0.3 is 0 Å². The quantitative estimate of drug-likeness (QED) is 0.553. The summed E-state index contributed by atoms with van der Waals surface area (Å²) in [4.78, 5) is 11.0. The predicted molar refractivity (Wildman–Crippen MR) is 45.2 cm³/mol. The summed E-state index contributed by atoms with van der Waals surface area (Å²) in [7, 11) is 0. The van der Waals surface area contributed by atoms with Crippen molar-refractivity contribution in [2.24, 2.45) is 23.7 Å². The van der Waals surface area contributed by atoms with Crippen LogP contribution in [0.4, 0.5) is 0 Å². The minimum atomic E-state index is -0.0489. The fraction of sp³-hybridized carbons (Fsp3) is 0.900. The van der Waals surface area contributed by atoms with E-state index in [0.29, 0.717) is 17.8 Å². The SMILES string of the molecule is C[C@@]12OC[C@@H]1C(C=O)[C@H]1COC[C@H]12. The summed E-state index contributed by atoms with van der Waals surface area (Å²) < 4.78 is 11.1. The van der Waals surface area contributed by atoms with E-state index in [4.69, 9.17) is 9.47 Å². The van der Waals surface area contributed by atoms with Crippen molar-refractivity contribution in [3.8, 4) is 0 Å². The van der Waals surface area contributed by atoms with E-state index in [-0.39, 0.29) is 11.5 Å². The summed E-state index contributed by atoms with van der Waals surface area (Å²) in [5, 5.41) is 0. The molecule has 13 heavy (non-hydrogen) atoms. The maximum atomic E-state index is 11.0. The van der Waals surface area contributed by atoms with Crippen LogP contribution in [0.25, 0.3) is 0 Å². The molecule has 3 rings (SSSR count). The summed E-state index contributed by atoms with van der Waals surface area (Å²) >= 11 is 0. The Morgan fingerprint density at radius 3 is 2.77 bits per heavy atom. The molecule has 0 radical (unpaired) electrons. The lowest BCUT2D eigenvalue weighted by atomic mass is 9.80. The molecule has 1 saturated carbocycles. The van der Waals surface area contributed by atoms with E-state index in [1.54, 1.807) is 0 Å². The number of hydrogen-bond acceptors (Lipinski definition) is 3. The van der Waals surface area contributed by atoms with Crippen molar-refractivity contribution in [3.05, 3.63) is 0 Å². The summed E-state index contributed by atoms with van der Waals surface area (Å²) in [6.07, 6.45) is 1.12. The molecule has 3 aliphatic rings. The number of carbonyl (C=O) groups is 1. The first-order valence-electron chi connectivity index (χ1n) is 4.94. The number of aldehydes is 1. The third-order valence-corrected chi connectivity index (χ3v) is 4.29. The van der Waals surface area contributed by atoms with Crippen LogP contribution in [0, 0.1) is 23.7 Å². The van der Waals surface area contributed by atoms with Gasteiger partial charge in [0.25, 0.3) is 0 Å². The van der Waals surface area contributed by atoms with Gasteiger partial charge < -0.3 is 14.3 Å². The molecule has 0 amide bonds. The highest BCUT2D eigenvalue weighted by atomic mass is 16.5. The smallest absolute Gasteiger partial charge is 0.123 e. The number of carbonyl (C=O) groups excluding carboxylic acids is 1. The molecule has 5 atom stereocenters. The minimum Gasteiger partial charge on any atom is -0.381 e. The van der Waals surface area contributed by atoms with Crippen LogP contribution in [0.5, 0.6) is 0 Å². The number of ether oxygens (including phenoxy) is 2. The Bertz CT molecular complexity index is 253. The Morgan fingerprint density at radius 1 is 1.31 bits per heavy atom. The van der Waals surface area contributed by atoms with Crippen LogP contribution in [0.2, 0.25) is 0 Å². The van der Waals surface area contributed by atoms with Gasteiger partial charge in [0.05, 0.1) is 25.4 Å². The highest BCUT2D eigenvalue weighted by molar-refractivity contribution is 5.57. The zero-order chi connectivity index (χ0) is 9.05. The molecule has 3 fully saturated rings.